The Morgan fingerprint density at radius 1 is 1.31 bits per heavy atom. The smallest absolute Gasteiger partial charge is 0.313 e. The molecule has 0 radical (unpaired) electrons. The van der Waals surface area contributed by atoms with Crippen molar-refractivity contribution in [2.75, 3.05) is 32.8 Å². The molecule has 0 aliphatic carbocycles. The molecular weight excluding hydrogens is 210 g/mol. The van der Waals surface area contributed by atoms with Crippen LogP contribution in [0, 0.1) is 0 Å². The van der Waals surface area contributed by atoms with Crippen LogP contribution < -0.4 is 0 Å². The maximum atomic E-state index is 11.5. The molecule has 0 saturated heterocycles. The Morgan fingerprint density at radius 3 is 2.50 bits per heavy atom. The van der Waals surface area contributed by atoms with Gasteiger partial charge >= 0.3 is 5.97 Å². The highest BCUT2D eigenvalue weighted by atomic mass is 16.5. The van der Waals surface area contributed by atoms with Crippen LogP contribution in [0.1, 0.15) is 26.7 Å². The van der Waals surface area contributed by atoms with Crippen LogP contribution in [-0.2, 0) is 14.3 Å². The van der Waals surface area contributed by atoms with Gasteiger partial charge in [-0.05, 0) is 19.9 Å². The first-order valence-corrected chi connectivity index (χ1v) is 5.64. The Morgan fingerprint density at radius 2 is 2.00 bits per heavy atom. The molecule has 0 saturated carbocycles. The zero-order valence-corrected chi connectivity index (χ0v) is 10.1. The van der Waals surface area contributed by atoms with Crippen molar-refractivity contribution in [1.29, 1.82) is 0 Å². The maximum Gasteiger partial charge on any atom is 0.313 e. The number of likely N-dealkylation sites (N-methyl/N-ethyl adjacent to an activating group) is 1. The third-order valence-electron chi connectivity index (χ3n) is 2.13. The summed E-state index contributed by atoms with van der Waals surface area (Å²) in [5.74, 6) is -0.607. The lowest BCUT2D eigenvalue weighted by molar-refractivity contribution is -0.145. The molecule has 0 spiro atoms. The van der Waals surface area contributed by atoms with Gasteiger partial charge in [0, 0.05) is 13.2 Å². The number of nitrogens with zero attached hydrogens (tertiary/aromatic N) is 1. The number of ketones is 1. The Bertz CT molecular complexity index is 218. The molecule has 0 unspecified atom stereocenters. The van der Waals surface area contributed by atoms with Crippen molar-refractivity contribution in [1.82, 2.24) is 4.90 Å². The topological polar surface area (TPSA) is 66.8 Å². The Kier molecular flexibility index (Phi) is 8.75. The fraction of sp³-hybridized carbons (Fsp3) is 0.818. The van der Waals surface area contributed by atoms with Gasteiger partial charge in [0.25, 0.3) is 0 Å². The minimum atomic E-state index is -0.467. The van der Waals surface area contributed by atoms with E-state index in [0.717, 1.165) is 6.54 Å². The zero-order chi connectivity index (χ0) is 12.4. The number of hydrogen-bond donors (Lipinski definition) is 1. The van der Waals surface area contributed by atoms with Gasteiger partial charge in [-0.1, -0.05) is 6.92 Å². The number of carbonyl (C=O) groups is 2. The van der Waals surface area contributed by atoms with Crippen LogP contribution in [0.25, 0.3) is 0 Å². The van der Waals surface area contributed by atoms with Crippen molar-refractivity contribution >= 4 is 11.8 Å². The van der Waals surface area contributed by atoms with E-state index < -0.39 is 5.97 Å². The van der Waals surface area contributed by atoms with Crippen LogP contribution in [0.3, 0.4) is 0 Å². The summed E-state index contributed by atoms with van der Waals surface area (Å²) >= 11 is 0. The maximum absolute atomic E-state index is 11.5. The number of Topliss-reactive ketones (excluding diaryl/α,β-unsaturated/α-hetero) is 1. The number of carbonyl (C=O) groups excluding carboxylic acids is 2. The summed E-state index contributed by atoms with van der Waals surface area (Å²) in [6.07, 6.45) is 0.476. The molecule has 0 aromatic rings. The van der Waals surface area contributed by atoms with Crippen molar-refractivity contribution in [2.45, 2.75) is 26.7 Å². The monoisotopic (exact) mass is 231 g/mol. The van der Waals surface area contributed by atoms with Gasteiger partial charge in [0.2, 0.25) is 0 Å². The predicted octanol–water partition coefficient (Wildman–Crippen LogP) is 0.213. The molecule has 16 heavy (non-hydrogen) atoms. The van der Waals surface area contributed by atoms with E-state index in [1.807, 2.05) is 11.8 Å². The summed E-state index contributed by atoms with van der Waals surface area (Å²) in [6.45, 7) is 5.71. The second kappa shape index (κ2) is 9.30. The zero-order valence-electron chi connectivity index (χ0n) is 10.1. The highest BCUT2D eigenvalue weighted by molar-refractivity contribution is 5.96. The van der Waals surface area contributed by atoms with Crippen LogP contribution >= 0.6 is 0 Å². The highest BCUT2D eigenvalue weighted by Crippen LogP contribution is 1.95. The van der Waals surface area contributed by atoms with Crippen LogP contribution in [0.5, 0.6) is 0 Å². The summed E-state index contributed by atoms with van der Waals surface area (Å²) in [4.78, 5) is 24.4. The molecule has 0 aliphatic rings. The minimum Gasteiger partial charge on any atom is -0.466 e. The minimum absolute atomic E-state index is 0.114. The van der Waals surface area contributed by atoms with Gasteiger partial charge in [-0.25, -0.2) is 0 Å². The Balaban J connectivity index is 3.86. The Hall–Kier alpha value is -0.940. The van der Waals surface area contributed by atoms with E-state index in [-0.39, 0.29) is 25.4 Å². The van der Waals surface area contributed by atoms with Crippen LogP contribution in [0.2, 0.25) is 0 Å². The molecule has 1 N–H and O–H groups in total. The quantitative estimate of drug-likeness (QED) is 0.454. The molecule has 0 aromatic heterocycles. The van der Waals surface area contributed by atoms with Crippen molar-refractivity contribution in [3.05, 3.63) is 0 Å². The molecule has 94 valence electrons. The lowest BCUT2D eigenvalue weighted by Gasteiger charge is -2.18. The van der Waals surface area contributed by atoms with Gasteiger partial charge in [-0.2, -0.15) is 0 Å². The number of rotatable bonds is 9. The van der Waals surface area contributed by atoms with E-state index in [0.29, 0.717) is 19.6 Å². The second-order valence-corrected chi connectivity index (χ2v) is 3.47. The summed E-state index contributed by atoms with van der Waals surface area (Å²) in [5, 5.41) is 8.67. The van der Waals surface area contributed by atoms with Gasteiger partial charge in [0.1, 0.15) is 6.42 Å². The van der Waals surface area contributed by atoms with Crippen molar-refractivity contribution in [3.63, 3.8) is 0 Å². The van der Waals surface area contributed by atoms with Gasteiger partial charge < -0.3 is 9.84 Å². The standard InChI is InChI=1S/C11H21NO4/c1-3-12(6-5-7-13)9-10(14)8-11(15)16-4-2/h13H,3-9H2,1-2H3. The molecule has 0 rings (SSSR count). The lowest BCUT2D eigenvalue weighted by Crippen LogP contribution is -2.32. The molecule has 0 aliphatic heterocycles. The molecule has 5 nitrogen and oxygen atoms in total. The van der Waals surface area contributed by atoms with Crippen molar-refractivity contribution in [3.8, 4) is 0 Å². The van der Waals surface area contributed by atoms with Gasteiger partial charge in [-0.3, -0.25) is 14.5 Å². The number of aliphatic hydroxyl groups is 1. The van der Waals surface area contributed by atoms with Gasteiger partial charge in [0.05, 0.1) is 13.2 Å². The van der Waals surface area contributed by atoms with Crippen LogP contribution in [0.4, 0.5) is 0 Å². The first-order valence-electron chi connectivity index (χ1n) is 5.64. The molecule has 0 heterocycles. The van der Waals surface area contributed by atoms with Crippen molar-refractivity contribution < 1.29 is 19.4 Å². The third-order valence-corrected chi connectivity index (χ3v) is 2.13. The fourth-order valence-corrected chi connectivity index (χ4v) is 1.32. The average molecular weight is 231 g/mol. The van der Waals surface area contributed by atoms with E-state index in [9.17, 15) is 9.59 Å². The average Bonchev–Trinajstić information content (AvgIpc) is 2.24. The van der Waals surface area contributed by atoms with E-state index >= 15 is 0 Å². The van der Waals surface area contributed by atoms with E-state index in [1.54, 1.807) is 6.92 Å². The van der Waals surface area contributed by atoms with Crippen LogP contribution in [-0.4, -0.2) is 54.6 Å². The highest BCUT2D eigenvalue weighted by Gasteiger charge is 2.13. The molecule has 0 atom stereocenters. The fourth-order valence-electron chi connectivity index (χ4n) is 1.32. The first kappa shape index (κ1) is 15.1. The SMILES string of the molecule is CCOC(=O)CC(=O)CN(CC)CCCO. The predicted molar refractivity (Wildman–Crippen MR) is 60.1 cm³/mol. The first-order chi connectivity index (χ1) is 7.63. The lowest BCUT2D eigenvalue weighted by atomic mass is 10.2. The van der Waals surface area contributed by atoms with Gasteiger partial charge in [0.15, 0.2) is 5.78 Å². The molecule has 0 aromatic carbocycles. The number of hydrogen-bond acceptors (Lipinski definition) is 5. The van der Waals surface area contributed by atoms with E-state index in [4.69, 9.17) is 9.84 Å². The van der Waals surface area contributed by atoms with E-state index in [2.05, 4.69) is 0 Å². The number of esters is 1. The molecule has 0 amide bonds. The van der Waals surface area contributed by atoms with Crippen molar-refractivity contribution in [2.24, 2.45) is 0 Å². The summed E-state index contributed by atoms with van der Waals surface area (Å²) < 4.78 is 4.69. The molecular formula is C11H21NO4. The largest absolute Gasteiger partial charge is 0.466 e. The van der Waals surface area contributed by atoms with Gasteiger partial charge in [-0.15, -0.1) is 0 Å². The summed E-state index contributed by atoms with van der Waals surface area (Å²) in [6, 6.07) is 0. The number of aliphatic hydroxyl groups excluding tert-OH is 1. The Labute approximate surface area is 96.4 Å². The summed E-state index contributed by atoms with van der Waals surface area (Å²) in [7, 11) is 0. The molecule has 0 bridgehead atoms. The normalized spacial score (nSPS) is 10.5. The van der Waals surface area contributed by atoms with Crippen LogP contribution in [0.15, 0.2) is 0 Å². The number of ether oxygens (including phenoxy) is 1. The molecule has 0 fully saturated rings. The third kappa shape index (κ3) is 7.36. The second-order valence-electron chi connectivity index (χ2n) is 3.47. The molecule has 5 heteroatoms. The summed E-state index contributed by atoms with van der Waals surface area (Å²) in [5.41, 5.74) is 0. The van der Waals surface area contributed by atoms with E-state index in [1.165, 1.54) is 0 Å².